The van der Waals surface area contributed by atoms with Gasteiger partial charge in [0.05, 0.1) is 6.42 Å². The number of esters is 1. The van der Waals surface area contributed by atoms with Gasteiger partial charge in [0.1, 0.15) is 17.1 Å². The van der Waals surface area contributed by atoms with Crippen molar-refractivity contribution in [2.75, 3.05) is 0 Å². The summed E-state index contributed by atoms with van der Waals surface area (Å²) in [6.07, 6.45) is -1.04. The van der Waals surface area contributed by atoms with Gasteiger partial charge in [-0.1, -0.05) is 12.1 Å². The molecule has 160 valence electrons. The van der Waals surface area contributed by atoms with Crippen molar-refractivity contribution in [3.8, 4) is 5.75 Å². The second-order valence-corrected chi connectivity index (χ2v) is 7.27. The second-order valence-electron chi connectivity index (χ2n) is 7.27. The molecule has 0 amide bonds. The molecule has 0 unspecified atom stereocenters. The smallest absolute Gasteiger partial charge is 0.526 e. The van der Waals surface area contributed by atoms with Crippen LogP contribution in [-0.4, -0.2) is 29.8 Å². The van der Waals surface area contributed by atoms with Crippen LogP contribution in [0.3, 0.4) is 0 Å². The van der Waals surface area contributed by atoms with E-state index >= 15 is 0 Å². The van der Waals surface area contributed by atoms with Gasteiger partial charge in [-0.25, -0.2) is 18.4 Å². The maximum Gasteiger partial charge on any atom is 0.526 e. The summed E-state index contributed by atoms with van der Waals surface area (Å²) in [6, 6.07) is 4.64. The molecule has 8 nitrogen and oxygen atoms in total. The van der Waals surface area contributed by atoms with E-state index in [0.29, 0.717) is 12.5 Å². The number of fused-ring (bicyclic) bond motifs is 1. The molecule has 1 atom stereocenters. The fraction of sp³-hybridized carbons (Fsp3) is 0.421. The highest BCUT2D eigenvalue weighted by atomic mass is 19.3. The predicted molar refractivity (Wildman–Crippen MR) is 98.5 cm³/mol. The van der Waals surface area contributed by atoms with Gasteiger partial charge in [-0.3, -0.25) is 4.79 Å². The van der Waals surface area contributed by atoms with Crippen LogP contribution in [0.5, 0.6) is 5.75 Å². The predicted octanol–water partition coefficient (Wildman–Crippen LogP) is 2.69. The Morgan fingerprint density at radius 2 is 2.07 bits per heavy atom. The van der Waals surface area contributed by atoms with E-state index in [0.717, 1.165) is 0 Å². The van der Waals surface area contributed by atoms with E-state index in [1.807, 2.05) is 0 Å². The minimum absolute atomic E-state index is 0.0277. The monoisotopic (exact) mass is 424 g/mol. The highest BCUT2D eigenvalue weighted by Gasteiger charge is 2.39. The van der Waals surface area contributed by atoms with Gasteiger partial charge in [0.25, 0.3) is 5.92 Å². The number of rotatable bonds is 7. The van der Waals surface area contributed by atoms with Crippen molar-refractivity contribution in [1.29, 1.82) is 0 Å². The molecule has 0 radical (unpaired) electrons. The number of carbonyl (C=O) groups is 2. The van der Waals surface area contributed by atoms with Gasteiger partial charge < -0.3 is 23.2 Å². The number of ether oxygens (including phenoxy) is 1. The Morgan fingerprint density at radius 3 is 2.70 bits per heavy atom. The van der Waals surface area contributed by atoms with Gasteiger partial charge in [-0.2, -0.15) is 0 Å². The largest absolute Gasteiger partial charge is 0.535 e. The van der Waals surface area contributed by atoms with Crippen molar-refractivity contribution in [3.63, 3.8) is 0 Å². The molecule has 0 saturated heterocycles. The van der Waals surface area contributed by atoms with E-state index in [1.165, 1.54) is 13.0 Å². The number of para-hydroxylation sites is 1. The molecular weight excluding hydrogens is 405 g/mol. The minimum atomic E-state index is -3.13. The number of halogens is 2. The quantitative estimate of drug-likeness (QED) is 0.533. The molecule has 1 N–H and O–H groups in total. The van der Waals surface area contributed by atoms with Crippen molar-refractivity contribution in [2.24, 2.45) is 0 Å². The summed E-state index contributed by atoms with van der Waals surface area (Å²) in [7, 11) is -1.45. The third kappa shape index (κ3) is 5.15. The lowest BCUT2D eigenvalue weighted by Gasteiger charge is -2.28. The van der Waals surface area contributed by atoms with E-state index in [2.05, 4.69) is 4.42 Å². The molecule has 2 aromatic rings. The zero-order valence-corrected chi connectivity index (χ0v) is 16.3. The Balaban J connectivity index is 1.71. The number of ketones is 1. The lowest BCUT2D eigenvalue weighted by atomic mass is 9.64. The summed E-state index contributed by atoms with van der Waals surface area (Å²) < 4.78 is 46.1. The van der Waals surface area contributed by atoms with Crippen LogP contribution < -0.4 is 10.5 Å². The van der Waals surface area contributed by atoms with Gasteiger partial charge >= 0.3 is 18.9 Å². The molecule has 30 heavy (non-hydrogen) atoms. The molecule has 0 saturated carbocycles. The maximum absolute atomic E-state index is 13.0. The summed E-state index contributed by atoms with van der Waals surface area (Å²) in [5, 5.41) is 10.2. The van der Waals surface area contributed by atoms with Crippen LogP contribution in [0.25, 0.3) is 0 Å². The Kier molecular flexibility index (Phi) is 6.11. The van der Waals surface area contributed by atoms with Crippen LogP contribution in [0.4, 0.5) is 8.78 Å². The number of alkyl halides is 2. The fourth-order valence-electron chi connectivity index (χ4n) is 3.24. The number of hydrogen-bond acceptors (Lipinski definition) is 8. The summed E-state index contributed by atoms with van der Waals surface area (Å²) in [5.41, 5.74) is 0.557. The summed E-state index contributed by atoms with van der Waals surface area (Å²) >= 11 is 0. The van der Waals surface area contributed by atoms with E-state index in [-0.39, 0.29) is 42.3 Å². The van der Waals surface area contributed by atoms with Crippen molar-refractivity contribution in [2.45, 2.75) is 51.5 Å². The molecule has 1 aliphatic heterocycles. The first-order valence-corrected chi connectivity index (χ1v) is 9.16. The zero-order valence-electron chi connectivity index (χ0n) is 16.3. The number of hydrogen-bond donors (Lipinski definition) is 1. The SMILES string of the molecule is Cc1oc(=O)oc1COC(=O)c1cccc2c1OB(O)[C@@H](CC(=O)CC(C)(F)F)C2. The highest BCUT2D eigenvalue weighted by molar-refractivity contribution is 6.47. The normalized spacial score (nSPS) is 16.0. The van der Waals surface area contributed by atoms with Crippen LogP contribution in [0.15, 0.2) is 31.8 Å². The number of Topliss-reactive ketones (excluding diaryl/α,β-unsaturated/α-hetero) is 1. The van der Waals surface area contributed by atoms with Crippen LogP contribution in [-0.2, 0) is 22.6 Å². The Morgan fingerprint density at radius 1 is 1.33 bits per heavy atom. The van der Waals surface area contributed by atoms with E-state index in [4.69, 9.17) is 13.8 Å². The van der Waals surface area contributed by atoms with Crippen molar-refractivity contribution >= 4 is 18.9 Å². The number of benzene rings is 1. The van der Waals surface area contributed by atoms with Gasteiger partial charge in [0.2, 0.25) is 0 Å². The molecule has 0 spiro atoms. The summed E-state index contributed by atoms with van der Waals surface area (Å²) in [4.78, 5) is 35.4. The molecular formula is C19H19BF2O8. The molecule has 0 bridgehead atoms. The highest BCUT2D eigenvalue weighted by Crippen LogP contribution is 2.37. The standard InChI is InChI=1S/C19H19BF2O8/c1-10-15(29-18(25)28-10)9-27-17(24)14-5-3-4-11-6-12(20(26)30-16(11)14)7-13(23)8-19(2,21)22/h3-5,12,26H,6-9H2,1-2H3/t12-/m1/s1. The Bertz CT molecular complexity index is 1010. The third-order valence-corrected chi connectivity index (χ3v) is 4.61. The second kappa shape index (κ2) is 8.43. The number of aryl methyl sites for hydroxylation is 1. The van der Waals surface area contributed by atoms with E-state index < -0.39 is 42.9 Å². The fourth-order valence-corrected chi connectivity index (χ4v) is 3.24. The molecule has 11 heteroatoms. The van der Waals surface area contributed by atoms with Gasteiger partial charge in [-0.05, 0) is 31.9 Å². The molecule has 1 aliphatic rings. The average molecular weight is 424 g/mol. The van der Waals surface area contributed by atoms with Crippen LogP contribution in [0, 0.1) is 6.92 Å². The minimum Gasteiger partial charge on any atom is -0.535 e. The Labute approximate surface area is 169 Å². The molecule has 1 aromatic carbocycles. The molecule has 0 aliphatic carbocycles. The summed E-state index contributed by atoms with van der Waals surface area (Å²) in [6.45, 7) is 1.79. The molecule has 1 aromatic heterocycles. The molecule has 2 heterocycles. The van der Waals surface area contributed by atoms with Gasteiger partial charge in [0, 0.05) is 12.2 Å². The van der Waals surface area contributed by atoms with Crippen LogP contribution >= 0.6 is 0 Å². The molecule has 3 rings (SSSR count). The van der Waals surface area contributed by atoms with E-state index in [1.54, 1.807) is 12.1 Å². The van der Waals surface area contributed by atoms with Crippen molar-refractivity contribution in [3.05, 3.63) is 51.5 Å². The molecule has 0 fully saturated rings. The van der Waals surface area contributed by atoms with Crippen molar-refractivity contribution in [1.82, 2.24) is 0 Å². The maximum atomic E-state index is 13.0. The topological polar surface area (TPSA) is 116 Å². The number of carbonyl (C=O) groups excluding carboxylic acids is 2. The van der Waals surface area contributed by atoms with Crippen LogP contribution in [0.2, 0.25) is 5.82 Å². The summed E-state index contributed by atoms with van der Waals surface area (Å²) in [5.74, 6) is -5.91. The van der Waals surface area contributed by atoms with Crippen molar-refractivity contribution < 1.29 is 41.6 Å². The Hall–Kier alpha value is -2.95. The average Bonchev–Trinajstić information content (AvgIpc) is 2.95. The van der Waals surface area contributed by atoms with Gasteiger partial charge in [-0.15, -0.1) is 0 Å². The van der Waals surface area contributed by atoms with Gasteiger partial charge in [0.15, 0.2) is 18.1 Å². The lowest BCUT2D eigenvalue weighted by molar-refractivity contribution is -0.125. The van der Waals surface area contributed by atoms with Crippen LogP contribution in [0.1, 0.15) is 47.2 Å². The first-order chi connectivity index (χ1) is 14.0. The third-order valence-electron chi connectivity index (χ3n) is 4.61. The first kappa shape index (κ1) is 21.8. The lowest BCUT2D eigenvalue weighted by Crippen LogP contribution is -2.36. The van der Waals surface area contributed by atoms with E-state index in [9.17, 15) is 28.2 Å². The zero-order chi connectivity index (χ0) is 22.1. The first-order valence-electron chi connectivity index (χ1n) is 9.16.